The third-order valence-corrected chi connectivity index (χ3v) is 4.17. The van der Waals surface area contributed by atoms with Crippen molar-refractivity contribution in [1.29, 1.82) is 0 Å². The second-order valence-corrected chi connectivity index (χ2v) is 5.80. The molecule has 0 saturated carbocycles. The van der Waals surface area contributed by atoms with Gasteiger partial charge < -0.3 is 9.73 Å². The zero-order chi connectivity index (χ0) is 15.7. The Kier molecular flexibility index (Phi) is 4.19. The molecule has 118 valence electrons. The Morgan fingerprint density at radius 3 is 2.64 bits per heavy atom. The predicted molar refractivity (Wildman–Crippen MR) is 78.8 cm³/mol. The number of piperidine rings is 1. The molecular formula is C16H15ClF3NO. The third kappa shape index (κ3) is 3.15. The number of rotatable bonds is 2. The molecule has 1 atom stereocenters. The van der Waals surface area contributed by atoms with Gasteiger partial charge in [-0.25, -0.2) is 0 Å². The molecule has 1 aromatic carbocycles. The summed E-state index contributed by atoms with van der Waals surface area (Å²) in [6.07, 6.45) is -1.20. The van der Waals surface area contributed by atoms with Gasteiger partial charge in [0.1, 0.15) is 11.5 Å². The topological polar surface area (TPSA) is 25.2 Å². The van der Waals surface area contributed by atoms with E-state index in [4.69, 9.17) is 16.0 Å². The van der Waals surface area contributed by atoms with E-state index >= 15 is 0 Å². The first-order valence-electron chi connectivity index (χ1n) is 7.15. The quantitative estimate of drug-likeness (QED) is 0.794. The highest BCUT2D eigenvalue weighted by Gasteiger charge is 2.31. The van der Waals surface area contributed by atoms with Gasteiger partial charge in [0.25, 0.3) is 0 Å². The fraction of sp³-hybridized carbons (Fsp3) is 0.375. The van der Waals surface area contributed by atoms with Crippen molar-refractivity contribution >= 4 is 11.6 Å². The molecule has 0 spiro atoms. The molecule has 1 aliphatic heterocycles. The Morgan fingerprint density at radius 1 is 1.14 bits per heavy atom. The number of halogens is 4. The van der Waals surface area contributed by atoms with Gasteiger partial charge in [-0.05, 0) is 49.7 Å². The summed E-state index contributed by atoms with van der Waals surface area (Å²) in [5.41, 5.74) is -0.473. The average molecular weight is 330 g/mol. The molecule has 22 heavy (non-hydrogen) atoms. The van der Waals surface area contributed by atoms with Crippen LogP contribution in [0.15, 0.2) is 34.7 Å². The van der Waals surface area contributed by atoms with Gasteiger partial charge in [0, 0.05) is 5.56 Å². The molecule has 0 bridgehead atoms. The van der Waals surface area contributed by atoms with Crippen LogP contribution in [0, 0.1) is 0 Å². The molecule has 1 saturated heterocycles. The number of benzene rings is 1. The first-order chi connectivity index (χ1) is 10.4. The molecule has 1 fully saturated rings. The highest BCUT2D eigenvalue weighted by atomic mass is 35.5. The summed E-state index contributed by atoms with van der Waals surface area (Å²) in [6.45, 7) is 0.922. The largest absolute Gasteiger partial charge is 0.459 e. The normalized spacial score (nSPS) is 19.4. The van der Waals surface area contributed by atoms with E-state index in [0.717, 1.165) is 43.7 Å². The summed E-state index contributed by atoms with van der Waals surface area (Å²) >= 11 is 6.03. The van der Waals surface area contributed by atoms with Crippen molar-refractivity contribution < 1.29 is 17.6 Å². The standard InChI is InChI=1S/C16H15ClF3NO/c17-12-5-4-10(16(18,19)20)9-11(12)14-6-7-15(22-14)13-3-1-2-8-21-13/h4-7,9,13,21H,1-3,8H2/t13-/m1/s1. The van der Waals surface area contributed by atoms with Crippen LogP contribution in [0.3, 0.4) is 0 Å². The van der Waals surface area contributed by atoms with Crippen LogP contribution in [0.5, 0.6) is 0 Å². The summed E-state index contributed by atoms with van der Waals surface area (Å²) in [5.74, 6) is 1.10. The van der Waals surface area contributed by atoms with Crippen LogP contribution in [0.25, 0.3) is 11.3 Å². The zero-order valence-corrected chi connectivity index (χ0v) is 12.5. The Bertz CT molecular complexity index is 660. The highest BCUT2D eigenvalue weighted by molar-refractivity contribution is 6.33. The minimum absolute atomic E-state index is 0.118. The fourth-order valence-corrected chi connectivity index (χ4v) is 2.88. The van der Waals surface area contributed by atoms with Crippen molar-refractivity contribution in [2.45, 2.75) is 31.5 Å². The van der Waals surface area contributed by atoms with Gasteiger partial charge in [-0.2, -0.15) is 13.2 Å². The average Bonchev–Trinajstić information content (AvgIpc) is 2.97. The van der Waals surface area contributed by atoms with E-state index in [0.29, 0.717) is 5.76 Å². The molecule has 0 amide bonds. The van der Waals surface area contributed by atoms with Crippen molar-refractivity contribution in [2.75, 3.05) is 6.54 Å². The molecule has 2 aromatic rings. The van der Waals surface area contributed by atoms with Crippen LogP contribution >= 0.6 is 11.6 Å². The summed E-state index contributed by atoms with van der Waals surface area (Å²) in [7, 11) is 0. The highest BCUT2D eigenvalue weighted by Crippen LogP contribution is 2.37. The monoisotopic (exact) mass is 329 g/mol. The van der Waals surface area contributed by atoms with Crippen LogP contribution in [0.2, 0.25) is 5.02 Å². The maximum Gasteiger partial charge on any atom is 0.416 e. The van der Waals surface area contributed by atoms with E-state index in [1.54, 1.807) is 12.1 Å². The number of alkyl halides is 3. The van der Waals surface area contributed by atoms with Crippen LogP contribution < -0.4 is 5.32 Å². The van der Waals surface area contributed by atoms with Gasteiger partial charge in [-0.1, -0.05) is 18.0 Å². The van der Waals surface area contributed by atoms with Crippen LogP contribution in [-0.2, 0) is 6.18 Å². The second kappa shape index (κ2) is 5.97. The Balaban J connectivity index is 1.92. The van der Waals surface area contributed by atoms with Gasteiger partial charge in [-0.15, -0.1) is 0 Å². The maximum absolute atomic E-state index is 12.8. The molecule has 2 nitrogen and oxygen atoms in total. The van der Waals surface area contributed by atoms with E-state index in [2.05, 4.69) is 5.32 Å². The Hall–Kier alpha value is -1.46. The van der Waals surface area contributed by atoms with E-state index in [1.165, 1.54) is 6.07 Å². The van der Waals surface area contributed by atoms with Crippen LogP contribution in [0.4, 0.5) is 13.2 Å². The fourth-order valence-electron chi connectivity index (χ4n) is 2.67. The number of hydrogen-bond acceptors (Lipinski definition) is 2. The lowest BCUT2D eigenvalue weighted by molar-refractivity contribution is -0.137. The number of nitrogens with one attached hydrogen (secondary N) is 1. The van der Waals surface area contributed by atoms with E-state index in [9.17, 15) is 13.2 Å². The molecule has 0 aliphatic carbocycles. The van der Waals surface area contributed by atoms with Gasteiger partial charge >= 0.3 is 6.18 Å². The van der Waals surface area contributed by atoms with Gasteiger partial charge in [-0.3, -0.25) is 0 Å². The van der Waals surface area contributed by atoms with Crippen molar-refractivity contribution in [2.24, 2.45) is 0 Å². The van der Waals surface area contributed by atoms with Gasteiger partial charge in [0.2, 0.25) is 0 Å². The minimum atomic E-state index is -4.40. The van der Waals surface area contributed by atoms with Gasteiger partial charge in [0.05, 0.1) is 16.6 Å². The zero-order valence-electron chi connectivity index (χ0n) is 11.7. The van der Waals surface area contributed by atoms with E-state index in [-0.39, 0.29) is 16.6 Å². The lowest BCUT2D eigenvalue weighted by atomic mass is 10.0. The molecule has 2 heterocycles. The second-order valence-electron chi connectivity index (χ2n) is 5.40. The summed E-state index contributed by atoms with van der Waals surface area (Å²) in [6, 6.07) is 6.84. The third-order valence-electron chi connectivity index (χ3n) is 3.84. The molecule has 0 unspecified atom stereocenters. The molecule has 6 heteroatoms. The first kappa shape index (κ1) is 15.4. The SMILES string of the molecule is FC(F)(F)c1ccc(Cl)c(-c2ccc([C@H]3CCCCN3)o2)c1. The van der Waals surface area contributed by atoms with E-state index in [1.807, 2.05) is 0 Å². The molecular weight excluding hydrogens is 315 g/mol. The lowest BCUT2D eigenvalue weighted by Crippen LogP contribution is -2.26. The molecule has 0 radical (unpaired) electrons. The maximum atomic E-state index is 12.8. The van der Waals surface area contributed by atoms with Crippen LogP contribution in [0.1, 0.15) is 36.6 Å². The number of furan rings is 1. The molecule has 3 rings (SSSR count). The Labute approximate surface area is 131 Å². The Morgan fingerprint density at radius 2 is 1.95 bits per heavy atom. The predicted octanol–water partition coefficient (Wildman–Crippen LogP) is 5.43. The molecule has 1 N–H and O–H groups in total. The molecule has 1 aromatic heterocycles. The smallest absolute Gasteiger partial charge is 0.416 e. The van der Waals surface area contributed by atoms with Crippen molar-refractivity contribution in [3.05, 3.63) is 46.7 Å². The van der Waals surface area contributed by atoms with Crippen LogP contribution in [-0.4, -0.2) is 6.54 Å². The first-order valence-corrected chi connectivity index (χ1v) is 7.53. The molecule has 1 aliphatic rings. The summed E-state index contributed by atoms with van der Waals surface area (Å²) in [5, 5.41) is 3.58. The lowest BCUT2D eigenvalue weighted by Gasteiger charge is -2.21. The van der Waals surface area contributed by atoms with Crippen molar-refractivity contribution in [3.8, 4) is 11.3 Å². The summed E-state index contributed by atoms with van der Waals surface area (Å²) < 4.78 is 44.2. The number of hydrogen-bond donors (Lipinski definition) is 1. The van der Waals surface area contributed by atoms with Crippen molar-refractivity contribution in [1.82, 2.24) is 5.32 Å². The van der Waals surface area contributed by atoms with Gasteiger partial charge in [0.15, 0.2) is 0 Å². The minimum Gasteiger partial charge on any atom is -0.459 e. The van der Waals surface area contributed by atoms with Crippen molar-refractivity contribution in [3.63, 3.8) is 0 Å². The summed E-state index contributed by atoms with van der Waals surface area (Å²) in [4.78, 5) is 0. The van der Waals surface area contributed by atoms with E-state index < -0.39 is 11.7 Å².